The Bertz CT molecular complexity index is 831. The van der Waals surface area contributed by atoms with Gasteiger partial charge in [0.25, 0.3) is 0 Å². The first-order valence-corrected chi connectivity index (χ1v) is 9.95. The van der Waals surface area contributed by atoms with Crippen molar-refractivity contribution in [2.24, 2.45) is 5.09 Å². The monoisotopic (exact) mass is 397 g/mol. The normalized spacial score (nSPS) is 16.1. The van der Waals surface area contributed by atoms with Gasteiger partial charge in [-0.1, -0.05) is 17.2 Å². The van der Waals surface area contributed by atoms with Crippen LogP contribution in [-0.4, -0.2) is 52.7 Å². The van der Waals surface area contributed by atoms with Gasteiger partial charge in [0, 0.05) is 6.42 Å². The van der Waals surface area contributed by atoms with Gasteiger partial charge in [-0.3, -0.25) is 4.79 Å². The first kappa shape index (κ1) is 20.8. The molecule has 1 heterocycles. The first-order chi connectivity index (χ1) is 12.8. The van der Waals surface area contributed by atoms with Crippen molar-refractivity contribution < 1.29 is 27.4 Å². The van der Waals surface area contributed by atoms with E-state index in [0.717, 1.165) is 0 Å². The van der Waals surface area contributed by atoms with Gasteiger partial charge in [-0.15, -0.1) is 0 Å². The Morgan fingerprint density at radius 2 is 2.15 bits per heavy atom. The second-order valence-corrected chi connectivity index (χ2v) is 7.83. The third kappa shape index (κ3) is 5.26. The Balaban J connectivity index is 2.14. The topological polar surface area (TPSA) is 140 Å². The number of rotatable bonds is 8. The third-order valence-electron chi connectivity index (χ3n) is 3.97. The molecule has 1 atom stereocenters. The number of benzene rings is 1. The number of ether oxygens (including phenoxy) is 1. The summed E-state index contributed by atoms with van der Waals surface area (Å²) in [7, 11) is -3.52. The van der Waals surface area contributed by atoms with Gasteiger partial charge in [-0.25, -0.2) is 17.9 Å². The molecule has 2 rings (SSSR count). The van der Waals surface area contributed by atoms with E-state index in [1.54, 1.807) is 19.1 Å². The minimum Gasteiger partial charge on any atom is -0.536 e. The lowest BCUT2D eigenvalue weighted by atomic mass is 9.68. The number of carbonyl (C=O) groups excluding carboxylic acids is 2. The number of fused-ring (bicyclic) bond motifs is 1. The molecule has 1 aromatic carbocycles. The molecule has 0 radical (unpaired) electrons. The smallest absolute Gasteiger partial charge is 0.536 e. The zero-order valence-electron chi connectivity index (χ0n) is 14.9. The molecule has 0 aliphatic carbocycles. The summed E-state index contributed by atoms with van der Waals surface area (Å²) in [5, 5.41) is 5.45. The molecule has 10 nitrogen and oxygen atoms in total. The van der Waals surface area contributed by atoms with Crippen LogP contribution in [0.15, 0.2) is 23.3 Å². The van der Waals surface area contributed by atoms with Gasteiger partial charge in [-0.2, -0.15) is 4.91 Å². The number of sulfonamides is 1. The number of carbonyl (C=O) groups is 2. The highest BCUT2D eigenvalue weighted by Gasteiger charge is 2.40. The zero-order chi connectivity index (χ0) is 20.0. The van der Waals surface area contributed by atoms with Gasteiger partial charge < -0.3 is 14.7 Å². The summed E-state index contributed by atoms with van der Waals surface area (Å²) in [6.07, 6.45) is -0.0789. The van der Waals surface area contributed by atoms with Crippen LogP contribution in [0, 0.1) is 4.91 Å². The molecule has 1 amide bonds. The van der Waals surface area contributed by atoms with Gasteiger partial charge in [-0.05, 0) is 32.0 Å². The number of nitrogens with zero attached hydrogens (tertiary/aromatic N) is 1. The van der Waals surface area contributed by atoms with Gasteiger partial charge >= 0.3 is 13.0 Å². The van der Waals surface area contributed by atoms with E-state index in [-0.39, 0.29) is 36.5 Å². The highest BCUT2D eigenvalue weighted by molar-refractivity contribution is 7.89. The molecule has 0 aromatic heterocycles. The van der Waals surface area contributed by atoms with Crippen molar-refractivity contribution >= 4 is 29.0 Å². The van der Waals surface area contributed by atoms with Crippen molar-refractivity contribution in [3.63, 3.8) is 0 Å². The van der Waals surface area contributed by atoms with E-state index in [1.807, 2.05) is 0 Å². The predicted octanol–water partition coefficient (Wildman–Crippen LogP) is 0.0161. The van der Waals surface area contributed by atoms with Crippen molar-refractivity contribution in [2.45, 2.75) is 25.7 Å². The molecule has 0 unspecified atom stereocenters. The van der Waals surface area contributed by atoms with Crippen LogP contribution in [0.25, 0.3) is 0 Å². The first-order valence-electron chi connectivity index (χ1n) is 8.30. The molecule has 2 N–H and O–H groups in total. The predicted molar refractivity (Wildman–Crippen MR) is 97.7 cm³/mol. The minimum absolute atomic E-state index is 0.174. The van der Waals surface area contributed by atoms with E-state index in [4.69, 9.17) is 9.39 Å². The highest BCUT2D eigenvalue weighted by Crippen LogP contribution is 2.31. The molecule has 146 valence electrons. The third-order valence-corrected chi connectivity index (χ3v) is 5.34. The van der Waals surface area contributed by atoms with Crippen molar-refractivity contribution in [3.05, 3.63) is 34.2 Å². The van der Waals surface area contributed by atoms with Gasteiger partial charge in [0.05, 0.1) is 18.3 Å². The van der Waals surface area contributed by atoms with E-state index >= 15 is 0 Å². The van der Waals surface area contributed by atoms with Gasteiger partial charge in [0.15, 0.2) is 0 Å². The van der Waals surface area contributed by atoms with Crippen molar-refractivity contribution in [1.29, 1.82) is 0 Å². The Morgan fingerprint density at radius 1 is 1.41 bits per heavy atom. The lowest BCUT2D eigenvalue weighted by molar-refractivity contribution is -0.121. The standard InChI is InChI=1S/C15H20BN3O7S/c1-3-25-15(21)11-6-4-5-10-9-12(16(19-22)26-14(10)11)18-13(20)7-8-27(23,24)17-2/h4-6,12,17H,3,7-9H2,1-2H3,(H,18,20)/t12-/m0/s1. The van der Waals surface area contributed by atoms with Crippen LogP contribution < -0.4 is 14.7 Å². The molecule has 0 bridgehead atoms. The van der Waals surface area contributed by atoms with E-state index < -0.39 is 34.9 Å². The molecule has 0 fully saturated rings. The van der Waals surface area contributed by atoms with Crippen LogP contribution in [0.4, 0.5) is 0 Å². The van der Waals surface area contributed by atoms with Crippen LogP contribution in [0.2, 0.25) is 0 Å². The van der Waals surface area contributed by atoms with Gasteiger partial charge in [0.1, 0.15) is 11.3 Å². The average molecular weight is 397 g/mol. The molecule has 0 saturated heterocycles. The lowest BCUT2D eigenvalue weighted by Gasteiger charge is -2.28. The number of hydrogen-bond donors (Lipinski definition) is 2. The van der Waals surface area contributed by atoms with Crippen LogP contribution >= 0.6 is 0 Å². The SMILES string of the molecule is CCOC(=O)c1cccc2c1OB(N=O)[C@@H](NC(=O)CCS(=O)(=O)NC)C2. The number of hydrogen-bond acceptors (Lipinski definition) is 8. The summed E-state index contributed by atoms with van der Waals surface area (Å²) in [4.78, 5) is 35.2. The molecule has 12 heteroatoms. The number of esters is 1. The van der Waals surface area contributed by atoms with E-state index in [0.29, 0.717) is 5.56 Å². The fourth-order valence-electron chi connectivity index (χ4n) is 2.62. The minimum atomic E-state index is -3.52. The average Bonchev–Trinajstić information content (AvgIpc) is 2.65. The molecule has 1 aliphatic rings. The summed E-state index contributed by atoms with van der Waals surface area (Å²) in [6.45, 7) is 1.86. The molecule has 0 saturated carbocycles. The second kappa shape index (κ2) is 8.95. The van der Waals surface area contributed by atoms with E-state index in [9.17, 15) is 22.9 Å². The zero-order valence-corrected chi connectivity index (χ0v) is 15.7. The van der Waals surface area contributed by atoms with Crippen LogP contribution in [-0.2, 0) is 26.0 Å². The number of nitroso groups, excluding NO2 is 1. The number of amides is 1. The summed E-state index contributed by atoms with van der Waals surface area (Å²) >= 11 is 0. The maximum absolute atomic E-state index is 12.0. The Hall–Kier alpha value is -2.47. The molecule has 1 aromatic rings. The fraction of sp³-hybridized carbons (Fsp3) is 0.467. The number of para-hydroxylation sites is 1. The Labute approximate surface area is 157 Å². The fourth-order valence-corrected chi connectivity index (χ4v) is 3.28. The summed E-state index contributed by atoms with van der Waals surface area (Å²) < 4.78 is 35.4. The van der Waals surface area contributed by atoms with Crippen LogP contribution in [0.5, 0.6) is 5.75 Å². The van der Waals surface area contributed by atoms with Crippen molar-refractivity contribution in [1.82, 2.24) is 10.0 Å². The molecule has 0 spiro atoms. The van der Waals surface area contributed by atoms with E-state index in [2.05, 4.69) is 15.1 Å². The van der Waals surface area contributed by atoms with Crippen molar-refractivity contribution in [2.75, 3.05) is 19.4 Å². The summed E-state index contributed by atoms with van der Waals surface area (Å²) in [6, 6.07) is 4.85. The van der Waals surface area contributed by atoms with Crippen molar-refractivity contribution in [3.8, 4) is 5.75 Å². The quantitative estimate of drug-likeness (QED) is 0.358. The highest BCUT2D eigenvalue weighted by atomic mass is 32.2. The second-order valence-electron chi connectivity index (χ2n) is 5.78. The summed E-state index contributed by atoms with van der Waals surface area (Å²) in [5.41, 5.74) is 0.779. The molecular formula is C15H20BN3O7S. The maximum Gasteiger partial charge on any atom is 0.570 e. The molecule has 1 aliphatic heterocycles. The number of nitrogens with one attached hydrogen (secondary N) is 2. The lowest BCUT2D eigenvalue weighted by Crippen LogP contribution is -2.52. The van der Waals surface area contributed by atoms with E-state index in [1.165, 1.54) is 13.1 Å². The largest absolute Gasteiger partial charge is 0.570 e. The molecule has 27 heavy (non-hydrogen) atoms. The van der Waals surface area contributed by atoms with Gasteiger partial charge in [0.2, 0.25) is 15.9 Å². The summed E-state index contributed by atoms with van der Waals surface area (Å²) in [5.74, 6) is -2.10. The van der Waals surface area contributed by atoms with Crippen LogP contribution in [0.3, 0.4) is 0 Å². The van der Waals surface area contributed by atoms with Crippen LogP contribution in [0.1, 0.15) is 29.3 Å². The maximum atomic E-state index is 12.0. The Morgan fingerprint density at radius 3 is 2.78 bits per heavy atom. The Kier molecular flexibility index (Phi) is 6.91. The molecular weight excluding hydrogens is 377 g/mol.